The molecule has 0 aromatic heterocycles. The van der Waals surface area contributed by atoms with E-state index in [0.29, 0.717) is 11.6 Å². The van der Waals surface area contributed by atoms with Crippen LogP contribution in [-0.2, 0) is 9.59 Å². The molecule has 2 heteroatoms. The summed E-state index contributed by atoms with van der Waals surface area (Å²) in [6, 6.07) is 0. The topological polar surface area (TPSA) is 34.1 Å². The first-order chi connectivity index (χ1) is 20.2. The zero-order chi connectivity index (χ0) is 29.9. The van der Waals surface area contributed by atoms with Crippen molar-refractivity contribution in [3.8, 4) is 0 Å². The van der Waals surface area contributed by atoms with Gasteiger partial charge in [-0.1, -0.05) is 187 Å². The fourth-order valence-corrected chi connectivity index (χ4v) is 6.10. The van der Waals surface area contributed by atoms with E-state index in [1.54, 1.807) is 0 Å². The minimum absolute atomic E-state index is 0.505. The first kappa shape index (κ1) is 40.3. The summed E-state index contributed by atoms with van der Waals surface area (Å²) in [5.41, 5.74) is 0. The predicted molar refractivity (Wildman–Crippen MR) is 183 cm³/mol. The van der Waals surface area contributed by atoms with Crippen molar-refractivity contribution in [2.75, 3.05) is 0 Å². The number of unbranched alkanes of at least 4 members (excludes halogenated alkanes) is 28. The largest absolute Gasteiger partial charge is 0.300 e. The van der Waals surface area contributed by atoms with Crippen LogP contribution in [0.2, 0.25) is 0 Å². The maximum absolute atomic E-state index is 12.1. The maximum atomic E-state index is 12.1. The zero-order valence-corrected chi connectivity index (χ0v) is 28.6. The zero-order valence-electron chi connectivity index (χ0n) is 28.6. The van der Waals surface area contributed by atoms with E-state index in [2.05, 4.69) is 13.8 Å². The Bertz CT molecular complexity index is 526. The average Bonchev–Trinajstić information content (AvgIpc) is 2.97. The molecule has 0 unspecified atom stereocenters. The Kier molecular flexibility index (Phi) is 35.0. The third-order valence-electron chi connectivity index (χ3n) is 9.03. The van der Waals surface area contributed by atoms with Crippen LogP contribution in [-0.4, -0.2) is 11.6 Å². The minimum Gasteiger partial charge on any atom is -0.300 e. The van der Waals surface area contributed by atoms with Crippen LogP contribution in [0.15, 0.2) is 0 Å². The van der Waals surface area contributed by atoms with Crippen molar-refractivity contribution in [2.24, 2.45) is 0 Å². The highest BCUT2D eigenvalue weighted by Gasteiger charge is 2.03. The molecule has 0 aromatic carbocycles. The summed E-state index contributed by atoms with van der Waals surface area (Å²) < 4.78 is 0. The number of ketones is 2. The van der Waals surface area contributed by atoms with Crippen molar-refractivity contribution in [3.05, 3.63) is 0 Å². The van der Waals surface area contributed by atoms with Gasteiger partial charge >= 0.3 is 0 Å². The van der Waals surface area contributed by atoms with E-state index in [4.69, 9.17) is 0 Å². The highest BCUT2D eigenvalue weighted by atomic mass is 16.1. The standard InChI is InChI=1S/C39H76O2/c1-3-5-7-9-10-23-27-31-36-39(41)37-33-29-25-22-20-18-16-14-12-11-13-15-17-19-21-24-28-32-35-38(40)34-30-26-8-6-4-2/h3-37H2,1-2H3. The summed E-state index contributed by atoms with van der Waals surface area (Å²) in [5.74, 6) is 1.02. The van der Waals surface area contributed by atoms with E-state index in [1.807, 2.05) is 0 Å². The monoisotopic (exact) mass is 577 g/mol. The third kappa shape index (κ3) is 35.4. The van der Waals surface area contributed by atoms with E-state index < -0.39 is 0 Å². The minimum atomic E-state index is 0.505. The highest BCUT2D eigenvalue weighted by Crippen LogP contribution is 2.16. The smallest absolute Gasteiger partial charge is 0.132 e. The molecule has 0 aliphatic heterocycles. The van der Waals surface area contributed by atoms with Gasteiger partial charge in [0, 0.05) is 25.7 Å². The third-order valence-corrected chi connectivity index (χ3v) is 9.03. The van der Waals surface area contributed by atoms with Crippen LogP contribution in [0.4, 0.5) is 0 Å². The lowest BCUT2D eigenvalue weighted by atomic mass is 10.0. The van der Waals surface area contributed by atoms with Crippen molar-refractivity contribution < 1.29 is 9.59 Å². The van der Waals surface area contributed by atoms with Crippen molar-refractivity contribution in [3.63, 3.8) is 0 Å². The molecule has 41 heavy (non-hydrogen) atoms. The molecule has 244 valence electrons. The van der Waals surface area contributed by atoms with Gasteiger partial charge in [-0.15, -0.1) is 0 Å². The van der Waals surface area contributed by atoms with Gasteiger partial charge in [-0.25, -0.2) is 0 Å². The Balaban J connectivity index is 3.17. The molecule has 0 bridgehead atoms. The van der Waals surface area contributed by atoms with Crippen LogP contribution in [0.5, 0.6) is 0 Å². The summed E-state index contributed by atoms with van der Waals surface area (Å²) in [5, 5.41) is 0. The molecule has 0 aromatic rings. The number of carbonyl (C=O) groups excluding carboxylic acids is 2. The molecule has 0 rings (SSSR count). The Hall–Kier alpha value is -0.660. The molecule has 2 nitrogen and oxygen atoms in total. The first-order valence-electron chi connectivity index (χ1n) is 19.2. The Morgan fingerprint density at radius 2 is 0.390 bits per heavy atom. The van der Waals surface area contributed by atoms with E-state index in [9.17, 15) is 9.59 Å². The molecule has 0 amide bonds. The molecule has 0 aliphatic rings. The first-order valence-corrected chi connectivity index (χ1v) is 19.2. The highest BCUT2D eigenvalue weighted by molar-refractivity contribution is 5.78. The van der Waals surface area contributed by atoms with E-state index in [0.717, 1.165) is 51.4 Å². The average molecular weight is 577 g/mol. The lowest BCUT2D eigenvalue weighted by Gasteiger charge is -2.04. The predicted octanol–water partition coefficient (Wildman–Crippen LogP) is 13.8. The van der Waals surface area contributed by atoms with Crippen LogP contribution >= 0.6 is 0 Å². The van der Waals surface area contributed by atoms with Gasteiger partial charge in [0.05, 0.1) is 0 Å². The normalized spacial score (nSPS) is 11.4. The van der Waals surface area contributed by atoms with Crippen LogP contribution in [0.25, 0.3) is 0 Å². The molecule has 0 aliphatic carbocycles. The van der Waals surface area contributed by atoms with Gasteiger partial charge in [-0.3, -0.25) is 9.59 Å². The van der Waals surface area contributed by atoms with E-state index in [1.165, 1.54) is 173 Å². The molecule has 0 saturated heterocycles. The number of hydrogen-bond acceptors (Lipinski definition) is 2. The van der Waals surface area contributed by atoms with Gasteiger partial charge < -0.3 is 0 Å². The molecule has 0 heterocycles. The molecule has 0 atom stereocenters. The molecule has 0 N–H and O–H groups in total. The van der Waals surface area contributed by atoms with Crippen molar-refractivity contribution in [1.82, 2.24) is 0 Å². The maximum Gasteiger partial charge on any atom is 0.132 e. The second kappa shape index (κ2) is 35.5. The second-order valence-corrected chi connectivity index (χ2v) is 13.3. The number of hydrogen-bond donors (Lipinski definition) is 0. The van der Waals surface area contributed by atoms with Gasteiger partial charge in [-0.05, 0) is 25.7 Å². The van der Waals surface area contributed by atoms with Crippen LogP contribution in [0.3, 0.4) is 0 Å². The van der Waals surface area contributed by atoms with Crippen LogP contribution in [0, 0.1) is 0 Å². The Morgan fingerprint density at radius 3 is 0.561 bits per heavy atom. The molecule has 0 spiro atoms. The number of rotatable bonds is 36. The summed E-state index contributed by atoms with van der Waals surface area (Å²) >= 11 is 0. The number of Topliss-reactive ketones (excluding diaryl/α,β-unsaturated/α-hetero) is 2. The summed E-state index contributed by atoms with van der Waals surface area (Å²) in [6.07, 6.45) is 44.3. The quantitative estimate of drug-likeness (QED) is 0.0695. The SMILES string of the molecule is CCCCCCCCCCC(=O)CCCCCCCCCCCCCCCCCCCCC(=O)CCCCCCC. The Labute approximate surface area is 259 Å². The fourth-order valence-electron chi connectivity index (χ4n) is 6.10. The summed E-state index contributed by atoms with van der Waals surface area (Å²) in [4.78, 5) is 24.0. The molecule has 0 fully saturated rings. The van der Waals surface area contributed by atoms with Gasteiger partial charge in [-0.2, -0.15) is 0 Å². The lowest BCUT2D eigenvalue weighted by Crippen LogP contribution is -1.97. The van der Waals surface area contributed by atoms with Crippen molar-refractivity contribution >= 4 is 11.6 Å². The van der Waals surface area contributed by atoms with Crippen molar-refractivity contribution in [1.29, 1.82) is 0 Å². The van der Waals surface area contributed by atoms with Gasteiger partial charge in [0.25, 0.3) is 0 Å². The lowest BCUT2D eigenvalue weighted by molar-refractivity contribution is -0.120. The van der Waals surface area contributed by atoms with Gasteiger partial charge in [0.15, 0.2) is 0 Å². The van der Waals surface area contributed by atoms with Crippen molar-refractivity contribution in [2.45, 2.75) is 239 Å². The molecular formula is C39H76O2. The fraction of sp³-hybridized carbons (Fsp3) is 0.949. The molecular weight excluding hydrogens is 500 g/mol. The number of carbonyl (C=O) groups is 2. The summed E-state index contributed by atoms with van der Waals surface area (Å²) in [6.45, 7) is 4.51. The van der Waals surface area contributed by atoms with Crippen LogP contribution in [0.1, 0.15) is 239 Å². The van der Waals surface area contributed by atoms with Crippen LogP contribution < -0.4 is 0 Å². The van der Waals surface area contributed by atoms with E-state index in [-0.39, 0.29) is 0 Å². The molecule has 0 radical (unpaired) electrons. The summed E-state index contributed by atoms with van der Waals surface area (Å²) in [7, 11) is 0. The van der Waals surface area contributed by atoms with Gasteiger partial charge in [0.2, 0.25) is 0 Å². The second-order valence-electron chi connectivity index (χ2n) is 13.3. The van der Waals surface area contributed by atoms with Gasteiger partial charge in [0.1, 0.15) is 11.6 Å². The van der Waals surface area contributed by atoms with E-state index >= 15 is 0 Å². The molecule has 0 saturated carbocycles. The Morgan fingerprint density at radius 1 is 0.244 bits per heavy atom.